The zero-order valence-electron chi connectivity index (χ0n) is 12.8. The Morgan fingerprint density at radius 2 is 1.11 bits per heavy atom. The minimum Gasteiger partial charge on any atom is -0.0775 e. The average Bonchev–Trinajstić information content (AvgIpc) is 2.27. The molecule has 102 valence electrons. The van der Waals surface area contributed by atoms with Crippen molar-refractivity contribution in [2.24, 2.45) is 11.8 Å². The first kappa shape index (κ1) is 16.1. The van der Waals surface area contributed by atoms with Crippen LogP contribution < -0.4 is 10.6 Å². The molecule has 2 atom stereocenters. The van der Waals surface area contributed by atoms with Crippen LogP contribution >= 0.6 is 15.8 Å². The molecule has 2 heteroatoms. The van der Waals surface area contributed by atoms with Crippen molar-refractivity contribution in [2.75, 3.05) is 25.7 Å². The summed E-state index contributed by atoms with van der Waals surface area (Å²) < 4.78 is 0. The zero-order valence-corrected chi connectivity index (χ0v) is 14.6. The van der Waals surface area contributed by atoms with E-state index in [0.29, 0.717) is 0 Å². The van der Waals surface area contributed by atoms with Crippen LogP contribution in [0.3, 0.4) is 0 Å². The van der Waals surface area contributed by atoms with Gasteiger partial charge in [0.05, 0.1) is 0 Å². The minimum absolute atomic E-state index is 0.0228. The van der Waals surface area contributed by atoms with Crippen LogP contribution in [0.15, 0.2) is 24.3 Å². The molecule has 0 spiro atoms. The first-order chi connectivity index (χ1) is 8.41. The molecule has 1 aromatic carbocycles. The van der Waals surface area contributed by atoms with Gasteiger partial charge in [0.2, 0.25) is 0 Å². The molecule has 0 aliphatic heterocycles. The summed E-state index contributed by atoms with van der Waals surface area (Å²) in [6, 6.07) is 9.19. The molecule has 0 bridgehead atoms. The van der Waals surface area contributed by atoms with Crippen LogP contribution in [0.1, 0.15) is 27.7 Å². The van der Waals surface area contributed by atoms with Crippen molar-refractivity contribution in [1.82, 2.24) is 0 Å². The van der Waals surface area contributed by atoms with Crippen LogP contribution in [-0.4, -0.2) is 25.7 Å². The van der Waals surface area contributed by atoms with E-state index in [-0.39, 0.29) is 15.8 Å². The molecule has 1 rings (SSSR count). The number of benzene rings is 1. The lowest BCUT2D eigenvalue weighted by Gasteiger charge is -2.23. The Bertz CT molecular complexity index is 323. The van der Waals surface area contributed by atoms with Crippen LogP contribution in [0.4, 0.5) is 0 Å². The monoisotopic (exact) mass is 282 g/mol. The molecule has 0 aliphatic carbocycles. The van der Waals surface area contributed by atoms with Crippen LogP contribution in [0.2, 0.25) is 0 Å². The van der Waals surface area contributed by atoms with Crippen molar-refractivity contribution in [3.63, 3.8) is 0 Å². The molecule has 2 unspecified atom stereocenters. The molecular formula is C16H28P2. The van der Waals surface area contributed by atoms with E-state index in [1.54, 1.807) is 10.6 Å². The predicted octanol–water partition coefficient (Wildman–Crippen LogP) is 4.47. The van der Waals surface area contributed by atoms with Crippen molar-refractivity contribution in [3.8, 4) is 0 Å². The van der Waals surface area contributed by atoms with Gasteiger partial charge in [0, 0.05) is 0 Å². The van der Waals surface area contributed by atoms with Gasteiger partial charge in [-0.3, -0.25) is 0 Å². The second-order valence-corrected chi connectivity index (χ2v) is 10.5. The second-order valence-electron chi connectivity index (χ2n) is 6.04. The van der Waals surface area contributed by atoms with Crippen molar-refractivity contribution in [3.05, 3.63) is 24.3 Å². The summed E-state index contributed by atoms with van der Waals surface area (Å²) in [6.45, 7) is 14.3. The first-order valence-electron chi connectivity index (χ1n) is 6.93. The Morgan fingerprint density at radius 3 is 1.39 bits per heavy atom. The highest BCUT2D eigenvalue weighted by molar-refractivity contribution is 7.71. The summed E-state index contributed by atoms with van der Waals surface area (Å²) in [7, 11) is 0.0457. The van der Waals surface area contributed by atoms with E-state index in [0.717, 1.165) is 11.8 Å². The van der Waals surface area contributed by atoms with Crippen LogP contribution in [-0.2, 0) is 0 Å². The number of rotatable bonds is 6. The Morgan fingerprint density at radius 1 is 0.778 bits per heavy atom. The first-order valence-corrected chi connectivity index (χ1v) is 10.9. The fourth-order valence-electron chi connectivity index (χ4n) is 2.40. The molecule has 0 heterocycles. The molecular weight excluding hydrogens is 254 g/mol. The highest BCUT2D eigenvalue weighted by atomic mass is 31.1. The average molecular weight is 282 g/mol. The Balaban J connectivity index is 2.91. The summed E-state index contributed by atoms with van der Waals surface area (Å²) >= 11 is 0. The van der Waals surface area contributed by atoms with Gasteiger partial charge in [-0.15, -0.1) is 0 Å². The molecule has 0 saturated carbocycles. The highest BCUT2D eigenvalue weighted by Crippen LogP contribution is 2.38. The Hall–Kier alpha value is 0.0800. The summed E-state index contributed by atoms with van der Waals surface area (Å²) in [5.74, 6) is 1.62. The SMILES string of the molecule is CC(C)CP(C)c1ccccc1P(C)CC(C)C. The minimum atomic E-state index is 0.0228. The summed E-state index contributed by atoms with van der Waals surface area (Å²) in [5, 5.41) is 3.32. The summed E-state index contributed by atoms with van der Waals surface area (Å²) in [4.78, 5) is 0. The number of hydrogen-bond donors (Lipinski definition) is 0. The third kappa shape index (κ3) is 4.99. The van der Waals surface area contributed by atoms with E-state index in [1.807, 2.05) is 0 Å². The second kappa shape index (κ2) is 7.62. The molecule has 0 aliphatic rings. The highest BCUT2D eigenvalue weighted by Gasteiger charge is 2.16. The van der Waals surface area contributed by atoms with E-state index >= 15 is 0 Å². The normalized spacial score (nSPS) is 15.1. The Labute approximate surface area is 116 Å². The van der Waals surface area contributed by atoms with Gasteiger partial charge in [0.1, 0.15) is 0 Å². The number of hydrogen-bond acceptors (Lipinski definition) is 0. The topological polar surface area (TPSA) is 0 Å². The molecule has 0 fully saturated rings. The standard InChI is InChI=1S/C16H28P2/c1-13(2)11-17(5)15-9-7-8-10-16(15)18(6)12-14(3)4/h7-10,13-14H,11-12H2,1-6H3. The van der Waals surface area contributed by atoms with Gasteiger partial charge in [-0.25, -0.2) is 0 Å². The molecule has 0 saturated heterocycles. The van der Waals surface area contributed by atoms with Crippen molar-refractivity contribution >= 4 is 26.5 Å². The van der Waals surface area contributed by atoms with Gasteiger partial charge >= 0.3 is 0 Å². The fraction of sp³-hybridized carbons (Fsp3) is 0.625. The lowest BCUT2D eigenvalue weighted by Crippen LogP contribution is -2.24. The van der Waals surface area contributed by atoms with Gasteiger partial charge < -0.3 is 0 Å². The van der Waals surface area contributed by atoms with E-state index in [4.69, 9.17) is 0 Å². The maximum Gasteiger partial charge on any atom is -0.0167 e. The zero-order chi connectivity index (χ0) is 13.7. The van der Waals surface area contributed by atoms with Crippen LogP contribution in [0, 0.1) is 11.8 Å². The third-order valence-electron chi connectivity index (χ3n) is 2.98. The molecule has 1 aromatic rings. The van der Waals surface area contributed by atoms with Crippen molar-refractivity contribution in [2.45, 2.75) is 27.7 Å². The van der Waals surface area contributed by atoms with Crippen LogP contribution in [0.5, 0.6) is 0 Å². The molecule has 0 nitrogen and oxygen atoms in total. The van der Waals surface area contributed by atoms with Crippen molar-refractivity contribution < 1.29 is 0 Å². The lowest BCUT2D eigenvalue weighted by atomic mass is 10.3. The third-order valence-corrected chi connectivity index (χ3v) is 8.14. The van der Waals surface area contributed by atoms with Gasteiger partial charge in [-0.05, 0) is 48.1 Å². The summed E-state index contributed by atoms with van der Waals surface area (Å²) in [5.41, 5.74) is 0. The molecule has 18 heavy (non-hydrogen) atoms. The molecule has 0 aromatic heterocycles. The van der Waals surface area contributed by atoms with Gasteiger partial charge in [-0.2, -0.15) is 0 Å². The maximum atomic E-state index is 2.45. The predicted molar refractivity (Wildman–Crippen MR) is 90.8 cm³/mol. The molecule has 0 N–H and O–H groups in total. The lowest BCUT2D eigenvalue weighted by molar-refractivity contribution is 0.746. The molecule has 0 radical (unpaired) electrons. The van der Waals surface area contributed by atoms with Gasteiger partial charge in [0.15, 0.2) is 0 Å². The van der Waals surface area contributed by atoms with E-state index in [9.17, 15) is 0 Å². The van der Waals surface area contributed by atoms with Gasteiger partial charge in [0.25, 0.3) is 0 Å². The smallest absolute Gasteiger partial charge is 0.0167 e. The maximum absolute atomic E-state index is 2.45. The largest absolute Gasteiger partial charge is 0.0775 e. The summed E-state index contributed by atoms with van der Waals surface area (Å²) in [6.07, 6.45) is 2.72. The quantitative estimate of drug-likeness (QED) is 0.675. The van der Waals surface area contributed by atoms with E-state index in [1.165, 1.54) is 12.3 Å². The van der Waals surface area contributed by atoms with E-state index < -0.39 is 0 Å². The van der Waals surface area contributed by atoms with Crippen LogP contribution in [0.25, 0.3) is 0 Å². The van der Waals surface area contributed by atoms with Gasteiger partial charge in [-0.1, -0.05) is 67.8 Å². The fourth-order valence-corrected chi connectivity index (χ4v) is 7.62. The molecule has 0 amide bonds. The van der Waals surface area contributed by atoms with E-state index in [2.05, 4.69) is 65.3 Å². The Kier molecular flexibility index (Phi) is 6.83. The van der Waals surface area contributed by atoms with Crippen molar-refractivity contribution in [1.29, 1.82) is 0 Å².